The fourth-order valence-corrected chi connectivity index (χ4v) is 3.64. The molecule has 0 aromatic heterocycles. The number of hydrogen-bond donors (Lipinski definition) is 3. The van der Waals surface area contributed by atoms with Gasteiger partial charge in [-0.2, -0.15) is 0 Å². The van der Waals surface area contributed by atoms with Crippen LogP contribution in [-0.2, 0) is 6.42 Å². The van der Waals surface area contributed by atoms with E-state index in [2.05, 4.69) is 34.0 Å². The fourth-order valence-electron chi connectivity index (χ4n) is 3.13. The summed E-state index contributed by atoms with van der Waals surface area (Å²) in [5, 5.41) is 13.7. The Balaban J connectivity index is 1.59. The van der Waals surface area contributed by atoms with E-state index >= 15 is 0 Å². The number of nitrogens with one attached hydrogen (secondary N) is 1. The van der Waals surface area contributed by atoms with Gasteiger partial charge in [-0.3, -0.25) is 0 Å². The maximum absolute atomic E-state index is 13.3. The lowest BCUT2D eigenvalue weighted by atomic mass is 9.98. The summed E-state index contributed by atoms with van der Waals surface area (Å²) in [7, 11) is 0. The number of aliphatic hydroxyl groups excluding tert-OH is 1. The summed E-state index contributed by atoms with van der Waals surface area (Å²) in [6.45, 7) is 0.893. The Kier molecular flexibility index (Phi) is 6.44. The van der Waals surface area contributed by atoms with E-state index in [1.54, 1.807) is 0 Å². The molecule has 1 aliphatic rings. The quantitative estimate of drug-likeness (QED) is 0.564. The molecule has 140 valence electrons. The molecular weight excluding hydrogens is 453 g/mol. The molecule has 2 aromatic carbocycles. The normalized spacial score (nSPS) is 18.7. The zero-order valence-corrected chi connectivity index (χ0v) is 16.2. The molecule has 2 aromatic rings. The van der Waals surface area contributed by atoms with Crippen LogP contribution < -0.4 is 15.8 Å². The average Bonchev–Trinajstić information content (AvgIpc) is 2.58. The van der Waals surface area contributed by atoms with Crippen LogP contribution in [0.4, 0.5) is 8.78 Å². The number of fused-ring (bicyclic) bond motifs is 1. The summed E-state index contributed by atoms with van der Waals surface area (Å²) >= 11 is 2.25. The predicted molar refractivity (Wildman–Crippen MR) is 104 cm³/mol. The Morgan fingerprint density at radius 1 is 1.23 bits per heavy atom. The average molecular weight is 474 g/mol. The molecule has 0 spiro atoms. The van der Waals surface area contributed by atoms with Crippen molar-refractivity contribution < 1.29 is 18.6 Å². The molecule has 0 radical (unpaired) electrons. The Bertz CT molecular complexity index is 755. The number of halogens is 3. The molecule has 3 rings (SSSR count). The third-order valence-electron chi connectivity index (χ3n) is 4.47. The first kappa shape index (κ1) is 19.5. The summed E-state index contributed by atoms with van der Waals surface area (Å²) in [5.41, 5.74) is 7.52. The van der Waals surface area contributed by atoms with Crippen LogP contribution in [0.3, 0.4) is 0 Å². The number of benzene rings is 2. The molecule has 1 heterocycles. The molecule has 7 heteroatoms. The van der Waals surface area contributed by atoms with Gasteiger partial charge in [0.1, 0.15) is 17.4 Å². The summed E-state index contributed by atoms with van der Waals surface area (Å²) in [4.78, 5) is 0. The molecule has 2 unspecified atom stereocenters. The monoisotopic (exact) mass is 474 g/mol. The number of ether oxygens (including phenoxy) is 1. The smallest absolute Gasteiger partial charge is 0.126 e. The highest BCUT2D eigenvalue weighted by Crippen LogP contribution is 2.33. The molecule has 0 amide bonds. The molecule has 4 nitrogen and oxygen atoms in total. The lowest BCUT2D eigenvalue weighted by Crippen LogP contribution is -2.44. The summed E-state index contributed by atoms with van der Waals surface area (Å²) in [6, 6.07) is 8.74. The van der Waals surface area contributed by atoms with Crippen LogP contribution in [-0.4, -0.2) is 30.4 Å². The van der Waals surface area contributed by atoms with Gasteiger partial charge in [-0.05, 0) is 64.9 Å². The second-order valence-electron chi connectivity index (χ2n) is 6.49. The maximum atomic E-state index is 13.3. The molecule has 0 aliphatic carbocycles. The molecule has 0 saturated heterocycles. The van der Waals surface area contributed by atoms with Crippen LogP contribution in [0.15, 0.2) is 36.4 Å². The van der Waals surface area contributed by atoms with E-state index in [-0.39, 0.29) is 19.0 Å². The molecule has 0 bridgehead atoms. The first-order chi connectivity index (χ1) is 12.4. The van der Waals surface area contributed by atoms with Crippen LogP contribution in [0.25, 0.3) is 0 Å². The molecule has 26 heavy (non-hydrogen) atoms. The van der Waals surface area contributed by atoms with E-state index in [9.17, 15) is 13.9 Å². The molecular formula is C19H21F2IN2O2. The zero-order valence-electron chi connectivity index (χ0n) is 14.1. The van der Waals surface area contributed by atoms with Gasteiger partial charge in [0.05, 0.1) is 12.7 Å². The lowest BCUT2D eigenvalue weighted by Gasteiger charge is -2.29. The number of nitrogens with two attached hydrogens (primary N) is 1. The Morgan fingerprint density at radius 3 is 2.69 bits per heavy atom. The highest BCUT2D eigenvalue weighted by Gasteiger charge is 2.23. The van der Waals surface area contributed by atoms with Crippen molar-refractivity contribution in [3.8, 4) is 5.75 Å². The molecule has 4 N–H and O–H groups in total. The van der Waals surface area contributed by atoms with E-state index in [1.165, 1.54) is 12.1 Å². The van der Waals surface area contributed by atoms with Gasteiger partial charge >= 0.3 is 0 Å². The Morgan fingerprint density at radius 2 is 1.96 bits per heavy atom. The summed E-state index contributed by atoms with van der Waals surface area (Å²) in [5.74, 6) is -0.440. The van der Waals surface area contributed by atoms with E-state index in [0.29, 0.717) is 12.2 Å². The number of hydrogen-bond acceptors (Lipinski definition) is 4. The first-order valence-corrected chi connectivity index (χ1v) is 9.54. The Hall–Kier alpha value is -1.29. The van der Waals surface area contributed by atoms with Gasteiger partial charge in [-0.1, -0.05) is 0 Å². The first-order valence-electron chi connectivity index (χ1n) is 8.46. The summed E-state index contributed by atoms with van der Waals surface area (Å²) < 4.78 is 33.3. The van der Waals surface area contributed by atoms with Crippen molar-refractivity contribution in [2.75, 3.05) is 13.2 Å². The van der Waals surface area contributed by atoms with E-state index in [0.717, 1.165) is 27.4 Å². The third-order valence-corrected chi connectivity index (χ3v) is 5.14. The van der Waals surface area contributed by atoms with Crippen LogP contribution in [0.5, 0.6) is 5.75 Å². The summed E-state index contributed by atoms with van der Waals surface area (Å²) in [6.07, 6.45) is 0.152. The van der Waals surface area contributed by atoms with Crippen LogP contribution in [0.2, 0.25) is 0 Å². The van der Waals surface area contributed by atoms with Crippen LogP contribution in [0, 0.1) is 15.2 Å². The predicted octanol–water partition coefficient (Wildman–Crippen LogP) is 2.91. The van der Waals surface area contributed by atoms with Gasteiger partial charge in [-0.25, -0.2) is 8.78 Å². The molecule has 1 aliphatic heterocycles. The minimum Gasteiger partial charge on any atom is -0.493 e. The van der Waals surface area contributed by atoms with Gasteiger partial charge in [0, 0.05) is 40.2 Å². The van der Waals surface area contributed by atoms with Crippen molar-refractivity contribution in [3.05, 3.63) is 62.7 Å². The standard InChI is InChI=1S/C19H21F2IN2O2/c20-12-5-11(6-13(21)8-12)7-16(23)18(25)10-24-17-3-4-26-19-2-1-14(22)9-15(17)19/h1-2,5-6,8-9,16-18,24-25H,3-4,7,10,23H2/t16?,17-,18?/m0/s1. The van der Waals surface area contributed by atoms with Crippen LogP contribution in [0.1, 0.15) is 23.6 Å². The molecule has 0 fully saturated rings. The van der Waals surface area contributed by atoms with Gasteiger partial charge in [0.2, 0.25) is 0 Å². The van der Waals surface area contributed by atoms with Crippen molar-refractivity contribution >= 4 is 22.6 Å². The number of aliphatic hydroxyl groups is 1. The number of rotatable bonds is 6. The Labute approximate surface area is 164 Å². The minimum absolute atomic E-state index is 0.0712. The minimum atomic E-state index is -0.838. The molecule has 3 atom stereocenters. The van der Waals surface area contributed by atoms with Crippen molar-refractivity contribution in [2.45, 2.75) is 31.0 Å². The van der Waals surface area contributed by atoms with E-state index in [1.807, 2.05) is 12.1 Å². The van der Waals surface area contributed by atoms with Gasteiger partial charge in [0.25, 0.3) is 0 Å². The van der Waals surface area contributed by atoms with Crippen molar-refractivity contribution in [1.82, 2.24) is 5.32 Å². The van der Waals surface area contributed by atoms with Crippen molar-refractivity contribution in [2.24, 2.45) is 5.73 Å². The second-order valence-corrected chi connectivity index (χ2v) is 7.74. The van der Waals surface area contributed by atoms with Gasteiger partial charge in [-0.15, -0.1) is 0 Å². The van der Waals surface area contributed by atoms with Crippen LogP contribution >= 0.6 is 22.6 Å². The van der Waals surface area contributed by atoms with E-state index in [4.69, 9.17) is 10.5 Å². The van der Waals surface area contributed by atoms with Gasteiger partial charge in [0.15, 0.2) is 0 Å². The highest BCUT2D eigenvalue weighted by atomic mass is 127. The third kappa shape index (κ3) is 4.91. The largest absolute Gasteiger partial charge is 0.493 e. The fraction of sp³-hybridized carbons (Fsp3) is 0.368. The van der Waals surface area contributed by atoms with Gasteiger partial charge < -0.3 is 20.9 Å². The molecule has 0 saturated carbocycles. The topological polar surface area (TPSA) is 67.5 Å². The van der Waals surface area contributed by atoms with Crippen molar-refractivity contribution in [3.63, 3.8) is 0 Å². The second kappa shape index (κ2) is 8.60. The lowest BCUT2D eigenvalue weighted by molar-refractivity contribution is 0.133. The maximum Gasteiger partial charge on any atom is 0.126 e. The van der Waals surface area contributed by atoms with E-state index < -0.39 is 23.8 Å². The SMILES string of the molecule is NC(Cc1cc(F)cc(F)c1)C(O)CN[C@H]1CCOc2ccc(I)cc21. The highest BCUT2D eigenvalue weighted by molar-refractivity contribution is 14.1. The zero-order chi connectivity index (χ0) is 18.7. The van der Waals surface area contributed by atoms with Crippen molar-refractivity contribution in [1.29, 1.82) is 0 Å².